The minimum atomic E-state index is -4.89. The number of hydrogen-bond acceptors (Lipinski definition) is 5. The van der Waals surface area contributed by atoms with Crippen LogP contribution in [0.4, 0.5) is 23.7 Å². The molecule has 2 aromatic rings. The molecule has 1 atom stereocenters. The standard InChI is InChI=1S/C24H22BrCl3F3N3O4/c1-13(2)37-22(36)34(32-21(35)4-3-7-25)20-8-14(5-6-18(20)28)19-12-23(38-33-19,24(29,30)31)15-9-16(26)11-17(27)10-15/h5-6,8-11,13H,3-4,7,12H2,1-2H3,(H,32,35). The molecule has 0 saturated heterocycles. The molecule has 1 unspecified atom stereocenters. The van der Waals surface area contributed by atoms with E-state index in [2.05, 4.69) is 26.5 Å². The molecule has 1 heterocycles. The van der Waals surface area contributed by atoms with Gasteiger partial charge >= 0.3 is 12.3 Å². The molecule has 1 aliphatic heterocycles. The molecule has 14 heteroatoms. The first-order chi connectivity index (χ1) is 17.8. The fourth-order valence-corrected chi connectivity index (χ4v) is 4.58. The van der Waals surface area contributed by atoms with Crippen LogP contribution in [0.1, 0.15) is 44.2 Å². The van der Waals surface area contributed by atoms with Crippen LogP contribution in [0.5, 0.6) is 0 Å². The molecule has 0 aromatic heterocycles. The minimum Gasteiger partial charge on any atom is -0.445 e. The third-order valence-corrected chi connectivity index (χ3v) is 6.64. The predicted molar refractivity (Wildman–Crippen MR) is 143 cm³/mol. The van der Waals surface area contributed by atoms with Crippen LogP contribution < -0.4 is 10.4 Å². The van der Waals surface area contributed by atoms with E-state index < -0.39 is 36.3 Å². The SMILES string of the molecule is CC(C)OC(=O)N(NC(=O)CCCBr)c1cc(C2=NOC(c3cc(Cl)cc(Cl)c3)(C(F)(F)F)C2)ccc1Cl. The van der Waals surface area contributed by atoms with Crippen LogP contribution in [0.25, 0.3) is 0 Å². The van der Waals surface area contributed by atoms with Gasteiger partial charge in [-0.3, -0.25) is 10.2 Å². The Labute approximate surface area is 240 Å². The molecule has 2 amide bonds. The van der Waals surface area contributed by atoms with Crippen LogP contribution in [0.2, 0.25) is 15.1 Å². The van der Waals surface area contributed by atoms with E-state index in [0.29, 0.717) is 11.8 Å². The number of alkyl halides is 4. The van der Waals surface area contributed by atoms with Crippen molar-refractivity contribution in [3.8, 4) is 0 Å². The summed E-state index contributed by atoms with van der Waals surface area (Å²) in [5, 5.41) is 5.12. The average molecular weight is 660 g/mol. The number of halogens is 7. The zero-order valence-corrected chi connectivity index (χ0v) is 23.9. The lowest BCUT2D eigenvalue weighted by Crippen LogP contribution is -2.47. The van der Waals surface area contributed by atoms with Gasteiger partial charge in [-0.1, -0.05) is 62.0 Å². The number of oxime groups is 1. The van der Waals surface area contributed by atoms with Gasteiger partial charge < -0.3 is 9.57 Å². The number of hydrogen-bond donors (Lipinski definition) is 1. The van der Waals surface area contributed by atoms with E-state index in [1.54, 1.807) is 13.8 Å². The molecule has 0 radical (unpaired) electrons. The lowest BCUT2D eigenvalue weighted by atomic mass is 9.86. The number of nitrogens with one attached hydrogen (secondary N) is 1. The molecule has 1 N–H and O–H groups in total. The third-order valence-electron chi connectivity index (χ3n) is 5.33. The average Bonchev–Trinajstić information content (AvgIpc) is 3.28. The van der Waals surface area contributed by atoms with Crippen molar-refractivity contribution < 1.29 is 32.3 Å². The maximum atomic E-state index is 14.4. The third kappa shape index (κ3) is 6.86. The fourth-order valence-electron chi connectivity index (χ4n) is 3.58. The number of carbonyl (C=O) groups is 2. The normalized spacial score (nSPS) is 17.2. The Balaban J connectivity index is 2.00. The lowest BCUT2D eigenvalue weighted by molar-refractivity contribution is -0.275. The van der Waals surface area contributed by atoms with Crippen LogP contribution >= 0.6 is 50.7 Å². The topological polar surface area (TPSA) is 80.2 Å². The van der Waals surface area contributed by atoms with E-state index in [0.717, 1.165) is 17.1 Å². The molecular formula is C24H22BrCl3F3N3O4. The van der Waals surface area contributed by atoms with Crippen LogP contribution in [0, 0.1) is 0 Å². The van der Waals surface area contributed by atoms with Crippen LogP contribution in [0.3, 0.4) is 0 Å². The molecule has 2 aromatic carbocycles. The molecule has 7 nitrogen and oxygen atoms in total. The Bertz CT molecular complexity index is 1230. The zero-order valence-electron chi connectivity index (χ0n) is 20.0. The van der Waals surface area contributed by atoms with E-state index >= 15 is 0 Å². The van der Waals surface area contributed by atoms with Gasteiger partial charge in [0.05, 0.1) is 22.5 Å². The van der Waals surface area contributed by atoms with Gasteiger partial charge in [-0.2, -0.15) is 18.2 Å². The van der Waals surface area contributed by atoms with E-state index in [-0.39, 0.29) is 44.0 Å². The van der Waals surface area contributed by atoms with Crippen molar-refractivity contribution in [1.29, 1.82) is 0 Å². The number of carbonyl (C=O) groups excluding carboxylic acids is 2. The fraction of sp³-hybridized carbons (Fsp3) is 0.375. The monoisotopic (exact) mass is 657 g/mol. The van der Waals surface area contributed by atoms with Crippen molar-refractivity contribution in [3.05, 3.63) is 62.6 Å². The van der Waals surface area contributed by atoms with Gasteiger partial charge in [0.25, 0.3) is 5.60 Å². The van der Waals surface area contributed by atoms with E-state index in [1.807, 2.05) is 0 Å². The van der Waals surface area contributed by atoms with Crippen molar-refractivity contribution in [2.75, 3.05) is 10.3 Å². The Morgan fingerprint density at radius 3 is 2.42 bits per heavy atom. The summed E-state index contributed by atoms with van der Waals surface area (Å²) in [5.41, 5.74) is -0.673. The summed E-state index contributed by atoms with van der Waals surface area (Å²) in [6.45, 7) is 3.23. The highest BCUT2D eigenvalue weighted by atomic mass is 79.9. The predicted octanol–water partition coefficient (Wildman–Crippen LogP) is 7.79. The number of amides is 2. The first kappa shape index (κ1) is 30.3. The maximum absolute atomic E-state index is 14.4. The smallest absolute Gasteiger partial charge is 0.435 e. The molecule has 38 heavy (non-hydrogen) atoms. The second kappa shape index (κ2) is 12.3. The number of hydrazine groups is 1. The largest absolute Gasteiger partial charge is 0.445 e. The minimum absolute atomic E-state index is 0.00286. The number of ether oxygens (including phenoxy) is 1. The Morgan fingerprint density at radius 1 is 1.18 bits per heavy atom. The zero-order chi connectivity index (χ0) is 28.3. The van der Waals surface area contributed by atoms with Gasteiger partial charge in [0.1, 0.15) is 0 Å². The molecule has 0 fully saturated rings. The molecular weight excluding hydrogens is 638 g/mol. The summed E-state index contributed by atoms with van der Waals surface area (Å²) in [6, 6.07) is 7.62. The molecule has 206 valence electrons. The van der Waals surface area contributed by atoms with Crippen molar-refractivity contribution in [3.63, 3.8) is 0 Å². The number of benzene rings is 2. The molecule has 1 aliphatic rings. The van der Waals surface area contributed by atoms with E-state index in [4.69, 9.17) is 44.4 Å². The van der Waals surface area contributed by atoms with E-state index in [1.165, 1.54) is 24.3 Å². The van der Waals surface area contributed by atoms with Crippen molar-refractivity contribution in [2.24, 2.45) is 5.16 Å². The van der Waals surface area contributed by atoms with Crippen LogP contribution in [-0.4, -0.2) is 35.3 Å². The number of nitrogens with zero attached hydrogens (tertiary/aromatic N) is 2. The van der Waals surface area contributed by atoms with Crippen molar-refractivity contribution in [2.45, 2.75) is 51.0 Å². The lowest BCUT2D eigenvalue weighted by Gasteiger charge is -2.29. The first-order valence-corrected chi connectivity index (χ1v) is 13.5. The second-order valence-electron chi connectivity index (χ2n) is 8.55. The molecule has 0 bridgehead atoms. The summed E-state index contributed by atoms with van der Waals surface area (Å²) in [6.07, 6.45) is -6.50. The summed E-state index contributed by atoms with van der Waals surface area (Å²) >= 11 is 21.5. The van der Waals surface area contributed by atoms with Crippen LogP contribution in [0.15, 0.2) is 41.6 Å². The maximum Gasteiger partial charge on any atom is 0.435 e. The highest BCUT2D eigenvalue weighted by Gasteiger charge is 2.62. The highest BCUT2D eigenvalue weighted by Crippen LogP contribution is 2.50. The summed E-state index contributed by atoms with van der Waals surface area (Å²) in [7, 11) is 0. The number of rotatable bonds is 7. The quantitative estimate of drug-likeness (QED) is 0.243. The Kier molecular flexibility index (Phi) is 9.83. The van der Waals surface area contributed by atoms with Gasteiger partial charge in [0, 0.05) is 39.3 Å². The highest BCUT2D eigenvalue weighted by molar-refractivity contribution is 9.09. The molecule has 3 rings (SSSR count). The van der Waals surface area contributed by atoms with Gasteiger partial charge in [0.2, 0.25) is 5.91 Å². The van der Waals surface area contributed by atoms with Gasteiger partial charge in [0.15, 0.2) is 0 Å². The number of anilines is 1. The van der Waals surface area contributed by atoms with Gasteiger partial charge in [-0.15, -0.1) is 0 Å². The molecule has 0 aliphatic carbocycles. The Morgan fingerprint density at radius 2 is 1.84 bits per heavy atom. The van der Waals surface area contributed by atoms with Crippen LogP contribution in [-0.2, 0) is 20.0 Å². The van der Waals surface area contributed by atoms with Crippen molar-refractivity contribution >= 4 is 74.1 Å². The first-order valence-electron chi connectivity index (χ1n) is 11.2. The van der Waals surface area contributed by atoms with Crippen molar-refractivity contribution in [1.82, 2.24) is 5.43 Å². The summed E-state index contributed by atoms with van der Waals surface area (Å²) in [5.74, 6) is -0.498. The Hall–Kier alpha value is -2.21. The summed E-state index contributed by atoms with van der Waals surface area (Å²) in [4.78, 5) is 30.3. The van der Waals surface area contributed by atoms with Gasteiger partial charge in [-0.05, 0) is 50.6 Å². The molecule has 0 saturated carbocycles. The molecule has 0 spiro atoms. The van der Waals surface area contributed by atoms with E-state index in [9.17, 15) is 22.8 Å². The second-order valence-corrected chi connectivity index (χ2v) is 10.6. The van der Waals surface area contributed by atoms with Gasteiger partial charge in [-0.25, -0.2) is 4.79 Å². The summed E-state index contributed by atoms with van der Waals surface area (Å²) < 4.78 is 48.3.